The van der Waals surface area contributed by atoms with Crippen molar-refractivity contribution in [1.29, 1.82) is 0 Å². The van der Waals surface area contributed by atoms with Crippen LogP contribution >= 0.6 is 0 Å². The maximum absolute atomic E-state index is 3.31. The third-order valence-corrected chi connectivity index (χ3v) is 4.92. The molecule has 0 atom stereocenters. The molecule has 0 aliphatic heterocycles. The summed E-state index contributed by atoms with van der Waals surface area (Å²) >= 11 is 0.139. The number of hydrogen-bond acceptors (Lipinski definition) is 0. The van der Waals surface area contributed by atoms with Crippen molar-refractivity contribution in [3.63, 3.8) is 0 Å². The molecule has 0 heterocycles. The summed E-state index contributed by atoms with van der Waals surface area (Å²) in [5.74, 6) is 3.12. The van der Waals surface area contributed by atoms with Crippen molar-refractivity contribution in [2.24, 2.45) is 0 Å². The van der Waals surface area contributed by atoms with Crippen LogP contribution in [-0.2, 0) is 0 Å². The van der Waals surface area contributed by atoms with E-state index in [0.717, 1.165) is 0 Å². The van der Waals surface area contributed by atoms with Crippen molar-refractivity contribution in [2.75, 3.05) is 0 Å². The Morgan fingerprint density at radius 2 is 1.93 bits per heavy atom. The third kappa shape index (κ3) is 14.0. The molecule has 0 nitrogen and oxygen atoms in total. The molecule has 0 aromatic carbocycles. The van der Waals surface area contributed by atoms with Crippen LogP contribution in [0.4, 0.5) is 0 Å². The Morgan fingerprint density at radius 1 is 1.20 bits per heavy atom. The van der Waals surface area contributed by atoms with E-state index in [4.69, 9.17) is 0 Å². The molecule has 0 bridgehead atoms. The number of rotatable bonds is 5. The van der Waals surface area contributed by atoms with Crippen LogP contribution in [0.2, 0.25) is 24.1 Å². The first-order chi connectivity index (χ1) is 7.06. The van der Waals surface area contributed by atoms with Crippen LogP contribution in [0.15, 0.2) is 22.4 Å². The molecule has 0 amide bonds. The average Bonchev–Trinajstić information content (AvgIpc) is 2.14. The normalized spacial score (nSPS) is 12.0. The first-order valence-corrected chi connectivity index (χ1v) is 12.0. The van der Waals surface area contributed by atoms with Gasteiger partial charge in [-0.05, 0) is 0 Å². The molecule has 0 radical (unpaired) electrons. The van der Waals surface area contributed by atoms with Gasteiger partial charge < -0.3 is 0 Å². The molecule has 0 saturated heterocycles. The minimum absolute atomic E-state index is 0.139. The molecule has 0 aliphatic rings. The van der Waals surface area contributed by atoms with Crippen molar-refractivity contribution in [3.05, 3.63) is 22.4 Å². The first-order valence-electron chi connectivity index (χ1n) is 5.52. The van der Waals surface area contributed by atoms with E-state index in [2.05, 4.69) is 54.3 Å². The molecule has 0 aromatic rings. The molecule has 0 N–H and O–H groups in total. The van der Waals surface area contributed by atoms with E-state index in [-0.39, 0.29) is 20.9 Å². The SMILES string of the molecule is CCCC[Te]/C=C/C=C/C#C[Si](C)(C)C. The number of hydrogen-bond donors (Lipinski definition) is 0. The molecule has 0 aliphatic carbocycles. The zero-order valence-corrected chi connectivity index (χ0v) is 13.7. The van der Waals surface area contributed by atoms with E-state index in [1.807, 2.05) is 6.08 Å². The Kier molecular flexibility index (Phi) is 9.31. The summed E-state index contributed by atoms with van der Waals surface area (Å²) in [4.78, 5) is 0. The van der Waals surface area contributed by atoms with Gasteiger partial charge in [-0.2, -0.15) is 0 Å². The van der Waals surface area contributed by atoms with Crippen LogP contribution in [0, 0.1) is 11.5 Å². The van der Waals surface area contributed by atoms with E-state index in [9.17, 15) is 0 Å². The first kappa shape index (κ1) is 15.0. The Labute approximate surface area is 106 Å². The average molecular weight is 334 g/mol. The molecular formula is C13H22SiTe. The van der Waals surface area contributed by atoms with Gasteiger partial charge >= 0.3 is 107 Å². The van der Waals surface area contributed by atoms with Gasteiger partial charge in [0.05, 0.1) is 0 Å². The van der Waals surface area contributed by atoms with Gasteiger partial charge in [0, 0.05) is 0 Å². The zero-order valence-electron chi connectivity index (χ0n) is 10.3. The molecule has 84 valence electrons. The van der Waals surface area contributed by atoms with Gasteiger partial charge in [-0.3, -0.25) is 0 Å². The topological polar surface area (TPSA) is 0 Å². The van der Waals surface area contributed by atoms with E-state index in [1.54, 1.807) is 0 Å². The Hall–Kier alpha value is 0.0465. The number of allylic oxidation sites excluding steroid dienone is 3. The minimum atomic E-state index is -1.17. The molecule has 0 fully saturated rings. The maximum atomic E-state index is 3.31. The van der Waals surface area contributed by atoms with Gasteiger partial charge in [0.2, 0.25) is 0 Å². The van der Waals surface area contributed by atoms with Crippen LogP contribution in [0.1, 0.15) is 19.8 Å². The van der Waals surface area contributed by atoms with Crippen LogP contribution in [0.5, 0.6) is 0 Å². The summed E-state index contributed by atoms with van der Waals surface area (Å²) < 4.78 is 3.79. The predicted octanol–water partition coefficient (Wildman–Crippen LogP) is 3.86. The summed E-state index contributed by atoms with van der Waals surface area (Å²) in [5.41, 5.74) is 3.31. The second-order valence-corrected chi connectivity index (χ2v) is 12.1. The van der Waals surface area contributed by atoms with E-state index >= 15 is 0 Å². The molecular weight excluding hydrogens is 312 g/mol. The van der Waals surface area contributed by atoms with Gasteiger partial charge in [0.25, 0.3) is 0 Å². The van der Waals surface area contributed by atoms with Gasteiger partial charge in [-0.15, -0.1) is 0 Å². The Bertz CT molecular complexity index is 260. The standard InChI is InChI=1S/C13H22SiTe/c1-5-6-12-15-13-10-8-7-9-11-14(2,3)4/h7-8,10,13H,5-6,12H2,1-4H3/b8-7+,13-10+. The second kappa shape index (κ2) is 9.29. The summed E-state index contributed by atoms with van der Waals surface area (Å²) in [6, 6.07) is 0. The van der Waals surface area contributed by atoms with E-state index in [1.165, 1.54) is 17.3 Å². The van der Waals surface area contributed by atoms with Gasteiger partial charge in [-0.1, -0.05) is 0 Å². The van der Waals surface area contributed by atoms with Crippen molar-refractivity contribution >= 4 is 29.0 Å². The van der Waals surface area contributed by atoms with Crippen LogP contribution in [-0.4, -0.2) is 29.0 Å². The number of unbranched alkanes of at least 4 members (excludes halogenated alkanes) is 1. The van der Waals surface area contributed by atoms with Crippen LogP contribution in [0.25, 0.3) is 0 Å². The van der Waals surface area contributed by atoms with Gasteiger partial charge in [0.1, 0.15) is 0 Å². The molecule has 0 rings (SSSR count). The fourth-order valence-electron chi connectivity index (χ4n) is 0.758. The third-order valence-electron chi connectivity index (χ3n) is 1.53. The Balaban J connectivity index is 3.65. The van der Waals surface area contributed by atoms with E-state index in [0.29, 0.717) is 0 Å². The molecule has 0 saturated carbocycles. The molecule has 0 aromatic heterocycles. The molecule has 0 unspecified atom stereocenters. The van der Waals surface area contributed by atoms with Crippen molar-refractivity contribution in [2.45, 2.75) is 43.9 Å². The van der Waals surface area contributed by atoms with Crippen molar-refractivity contribution in [3.8, 4) is 11.5 Å². The van der Waals surface area contributed by atoms with Gasteiger partial charge in [-0.25, -0.2) is 0 Å². The molecule has 15 heavy (non-hydrogen) atoms. The zero-order chi connectivity index (χ0) is 11.6. The summed E-state index contributed by atoms with van der Waals surface area (Å²) in [6.07, 6.45) is 8.93. The molecule has 0 spiro atoms. The van der Waals surface area contributed by atoms with Crippen LogP contribution < -0.4 is 0 Å². The Morgan fingerprint density at radius 3 is 2.53 bits per heavy atom. The fourth-order valence-corrected chi connectivity index (χ4v) is 3.54. The summed E-state index contributed by atoms with van der Waals surface area (Å²) in [5, 5.41) is 0. The predicted molar refractivity (Wildman–Crippen MR) is 74.9 cm³/mol. The van der Waals surface area contributed by atoms with Gasteiger partial charge in [0.15, 0.2) is 0 Å². The quantitative estimate of drug-likeness (QED) is 0.310. The summed E-state index contributed by atoms with van der Waals surface area (Å²) in [7, 11) is -1.17. The fraction of sp³-hybridized carbons (Fsp3) is 0.538. The molecule has 2 heteroatoms. The second-order valence-electron chi connectivity index (χ2n) is 4.43. The van der Waals surface area contributed by atoms with Crippen LogP contribution in [0.3, 0.4) is 0 Å². The van der Waals surface area contributed by atoms with Crippen molar-refractivity contribution < 1.29 is 0 Å². The van der Waals surface area contributed by atoms with Crippen molar-refractivity contribution in [1.82, 2.24) is 0 Å². The summed E-state index contributed by atoms with van der Waals surface area (Å²) in [6.45, 7) is 9.05. The van der Waals surface area contributed by atoms with E-state index < -0.39 is 8.07 Å². The monoisotopic (exact) mass is 336 g/mol.